The van der Waals surface area contributed by atoms with Crippen molar-refractivity contribution in [2.75, 3.05) is 0 Å². The zero-order chi connectivity index (χ0) is 19.1. The fourth-order valence-corrected chi connectivity index (χ4v) is 11.8. The van der Waals surface area contributed by atoms with E-state index in [-0.39, 0.29) is 0 Å². The van der Waals surface area contributed by atoms with E-state index < -0.39 is 26.6 Å². The largest absolute Gasteiger partial charge is 0.441 e. The molecule has 4 nitrogen and oxygen atoms in total. The van der Waals surface area contributed by atoms with Crippen LogP contribution in [0.2, 0.25) is 38.3 Å². The van der Waals surface area contributed by atoms with Gasteiger partial charge in [-0.1, -0.05) is 12.8 Å². The first kappa shape index (κ1) is 20.8. The lowest BCUT2D eigenvalue weighted by atomic mass is 9.88. The van der Waals surface area contributed by atoms with Crippen molar-refractivity contribution in [3.63, 3.8) is 0 Å². The number of ether oxygens (including phenoxy) is 2. The third-order valence-corrected chi connectivity index (χ3v) is 17.6. The van der Waals surface area contributed by atoms with Crippen molar-refractivity contribution in [1.29, 1.82) is 0 Å². The van der Waals surface area contributed by atoms with E-state index in [1.54, 1.807) is 0 Å². The summed E-state index contributed by atoms with van der Waals surface area (Å²) in [7, 11) is -3.93. The van der Waals surface area contributed by atoms with Crippen LogP contribution >= 0.6 is 0 Å². The smallest absolute Gasteiger partial charge is 0.283 e. The Morgan fingerprint density at radius 1 is 0.704 bits per heavy atom. The summed E-state index contributed by atoms with van der Waals surface area (Å²) in [6.07, 6.45) is 13.1. The minimum absolute atomic E-state index is 0.612. The van der Waals surface area contributed by atoms with Gasteiger partial charge in [0.25, 0.3) is 10.0 Å². The maximum Gasteiger partial charge on any atom is 0.283 e. The number of hydrogen-bond acceptors (Lipinski definition) is 4. The van der Waals surface area contributed by atoms with Crippen LogP contribution in [0.4, 0.5) is 0 Å². The Morgan fingerprint density at radius 3 is 1.56 bits per heavy atom. The third kappa shape index (κ3) is 6.23. The van der Waals surface area contributed by atoms with E-state index in [0.29, 0.717) is 24.4 Å². The average Bonchev–Trinajstić information content (AvgIpc) is 3.51. The predicted molar refractivity (Wildman–Crippen MR) is 117 cm³/mol. The highest BCUT2D eigenvalue weighted by Gasteiger charge is 2.45. The van der Waals surface area contributed by atoms with Gasteiger partial charge in [0.1, 0.15) is 0 Å². The molecule has 0 aromatic carbocycles. The standard InChI is InChI=1S/C20H40O4Si3/c1-26(2,11-9-15-5-7-17-19(13-15)21-17)23-25-24-27(3,4)12-10-16-6-8-18-20(14-16)22-18/h15-20H,5-14,25H2,1-4H3. The van der Waals surface area contributed by atoms with Crippen LogP contribution in [0.5, 0.6) is 0 Å². The number of fused-ring (bicyclic) bond motifs is 2. The Kier molecular flexibility index (Phi) is 6.39. The number of rotatable bonds is 10. The highest BCUT2D eigenvalue weighted by molar-refractivity contribution is 6.78. The monoisotopic (exact) mass is 428 g/mol. The van der Waals surface area contributed by atoms with E-state index in [4.69, 9.17) is 17.7 Å². The van der Waals surface area contributed by atoms with E-state index in [0.717, 1.165) is 11.8 Å². The van der Waals surface area contributed by atoms with Crippen LogP contribution in [0.25, 0.3) is 0 Å². The molecule has 0 aromatic rings. The number of hydrogen-bond donors (Lipinski definition) is 0. The molecule has 0 radical (unpaired) electrons. The second-order valence-electron chi connectivity index (χ2n) is 10.8. The minimum Gasteiger partial charge on any atom is -0.441 e. The van der Waals surface area contributed by atoms with E-state index in [9.17, 15) is 0 Å². The van der Waals surface area contributed by atoms with Gasteiger partial charge in [-0.15, -0.1) is 0 Å². The van der Waals surface area contributed by atoms with Gasteiger partial charge in [-0.25, -0.2) is 0 Å². The lowest BCUT2D eigenvalue weighted by Crippen LogP contribution is -2.39. The van der Waals surface area contributed by atoms with Gasteiger partial charge in [-0.2, -0.15) is 0 Å². The summed E-state index contributed by atoms with van der Waals surface area (Å²) in [4.78, 5) is 0. The predicted octanol–water partition coefficient (Wildman–Crippen LogP) is 4.34. The lowest BCUT2D eigenvalue weighted by Gasteiger charge is -2.30. The molecule has 7 heteroatoms. The second kappa shape index (κ2) is 8.32. The summed E-state index contributed by atoms with van der Waals surface area (Å²) < 4.78 is 24.3. The van der Waals surface area contributed by atoms with Gasteiger partial charge < -0.3 is 17.7 Å². The Hall–Kier alpha value is 0.491. The topological polar surface area (TPSA) is 43.5 Å². The van der Waals surface area contributed by atoms with Crippen LogP contribution in [0.15, 0.2) is 0 Å². The summed E-state index contributed by atoms with van der Waals surface area (Å²) in [6, 6.07) is 2.58. The zero-order valence-corrected chi connectivity index (χ0v) is 21.3. The summed E-state index contributed by atoms with van der Waals surface area (Å²) in [5.41, 5.74) is 0. The highest BCUT2D eigenvalue weighted by Crippen LogP contribution is 2.42. The summed E-state index contributed by atoms with van der Waals surface area (Å²) in [5.74, 6) is 1.76. The molecular formula is C20H40O4Si3. The Labute approximate surface area is 170 Å². The molecule has 4 aliphatic rings. The molecule has 2 aliphatic carbocycles. The first-order chi connectivity index (χ1) is 12.8. The maximum atomic E-state index is 6.45. The minimum atomic E-state index is -1.55. The summed E-state index contributed by atoms with van der Waals surface area (Å²) in [5, 5.41) is 0. The zero-order valence-electron chi connectivity index (χ0n) is 17.9. The molecule has 4 rings (SSSR count). The molecule has 0 aromatic heterocycles. The maximum absolute atomic E-state index is 6.45. The molecule has 2 saturated heterocycles. The van der Waals surface area contributed by atoms with Crippen molar-refractivity contribution in [1.82, 2.24) is 0 Å². The van der Waals surface area contributed by atoms with E-state index in [1.165, 1.54) is 63.5 Å². The summed E-state index contributed by atoms with van der Waals surface area (Å²) in [6.45, 7) is 9.58. The molecule has 27 heavy (non-hydrogen) atoms. The molecule has 2 aliphatic heterocycles. The molecule has 0 amide bonds. The van der Waals surface area contributed by atoms with Crippen molar-refractivity contribution >= 4 is 26.6 Å². The van der Waals surface area contributed by atoms with Gasteiger partial charge in [0, 0.05) is 0 Å². The molecule has 6 unspecified atom stereocenters. The Morgan fingerprint density at radius 2 is 1.15 bits per heavy atom. The SMILES string of the molecule is C[Si](C)(CCC1CCC2OC2C1)O[SiH2]O[Si](C)(C)CCC1CCC2OC2C1. The Bertz CT molecular complexity index is 471. The van der Waals surface area contributed by atoms with Crippen LogP contribution in [-0.2, 0) is 17.7 Å². The normalized spacial score (nSPS) is 38.7. The molecule has 6 atom stereocenters. The first-order valence-electron chi connectivity index (χ1n) is 11.4. The van der Waals surface area contributed by atoms with Gasteiger partial charge in [0.2, 0.25) is 0 Å². The third-order valence-electron chi connectivity index (χ3n) is 7.43. The fourth-order valence-electron chi connectivity index (χ4n) is 5.09. The average molecular weight is 429 g/mol. The van der Waals surface area contributed by atoms with Gasteiger partial charge in [0.15, 0.2) is 16.6 Å². The van der Waals surface area contributed by atoms with Gasteiger partial charge in [-0.3, -0.25) is 0 Å². The van der Waals surface area contributed by atoms with Gasteiger partial charge in [0.05, 0.1) is 24.4 Å². The summed E-state index contributed by atoms with van der Waals surface area (Å²) >= 11 is 0. The van der Waals surface area contributed by atoms with Crippen LogP contribution in [0.1, 0.15) is 51.4 Å². The van der Waals surface area contributed by atoms with Gasteiger partial charge in [-0.05, 0) is 88.6 Å². The molecule has 156 valence electrons. The molecule has 0 N–H and O–H groups in total. The van der Waals surface area contributed by atoms with E-state index >= 15 is 0 Å². The Balaban J connectivity index is 1.10. The van der Waals surface area contributed by atoms with E-state index in [2.05, 4.69) is 26.2 Å². The highest BCUT2D eigenvalue weighted by atomic mass is 28.4. The van der Waals surface area contributed by atoms with Crippen LogP contribution in [0.3, 0.4) is 0 Å². The fraction of sp³-hybridized carbons (Fsp3) is 1.00. The van der Waals surface area contributed by atoms with Crippen molar-refractivity contribution in [2.24, 2.45) is 11.8 Å². The second-order valence-corrected chi connectivity index (χ2v) is 21.4. The van der Waals surface area contributed by atoms with E-state index in [1.807, 2.05) is 0 Å². The first-order valence-corrected chi connectivity index (χ1v) is 18.8. The van der Waals surface area contributed by atoms with Crippen LogP contribution in [-0.4, -0.2) is 51.1 Å². The molecule has 2 saturated carbocycles. The van der Waals surface area contributed by atoms with Gasteiger partial charge >= 0.3 is 0 Å². The molecule has 0 bridgehead atoms. The van der Waals surface area contributed by atoms with Crippen molar-refractivity contribution < 1.29 is 17.7 Å². The lowest BCUT2D eigenvalue weighted by molar-refractivity contribution is 0.352. The molecule has 0 spiro atoms. The van der Waals surface area contributed by atoms with Crippen molar-refractivity contribution in [3.05, 3.63) is 0 Å². The van der Waals surface area contributed by atoms with Crippen molar-refractivity contribution in [2.45, 2.75) is 114 Å². The molecule has 2 heterocycles. The quantitative estimate of drug-likeness (QED) is 0.383. The van der Waals surface area contributed by atoms with Crippen LogP contribution in [0, 0.1) is 11.8 Å². The molecule has 4 fully saturated rings. The van der Waals surface area contributed by atoms with Crippen LogP contribution < -0.4 is 0 Å². The molecular weight excluding hydrogens is 388 g/mol. The van der Waals surface area contributed by atoms with Crippen molar-refractivity contribution in [3.8, 4) is 0 Å². The number of epoxide rings is 2.